The summed E-state index contributed by atoms with van der Waals surface area (Å²) in [4.78, 5) is 20.5. The van der Waals surface area contributed by atoms with E-state index >= 15 is 0 Å². The molecule has 4 N–H and O–H groups in total. The first-order valence-corrected chi connectivity index (χ1v) is 10.9. The van der Waals surface area contributed by atoms with Crippen molar-refractivity contribution in [2.24, 2.45) is 0 Å². The van der Waals surface area contributed by atoms with Crippen LogP contribution in [-0.2, 0) is 13.0 Å². The van der Waals surface area contributed by atoms with Gasteiger partial charge in [0.2, 0.25) is 5.95 Å². The molecule has 5 heterocycles. The summed E-state index contributed by atoms with van der Waals surface area (Å²) in [5.74, 6) is 0.164. The molecule has 0 bridgehead atoms. The zero-order chi connectivity index (χ0) is 23.5. The fraction of sp³-hybridized carbons (Fsp3) is 0.208. The number of fused-ring (bicyclic) bond motifs is 1. The molecule has 5 aromatic heterocycles. The first-order chi connectivity index (χ1) is 16.6. The lowest BCUT2D eigenvalue weighted by Crippen LogP contribution is -2.04. The van der Waals surface area contributed by atoms with Gasteiger partial charge in [-0.1, -0.05) is 0 Å². The summed E-state index contributed by atoms with van der Waals surface area (Å²) in [6.45, 7) is -0.263. The van der Waals surface area contributed by atoms with E-state index in [0.29, 0.717) is 24.2 Å². The molecule has 0 aliphatic heterocycles. The number of nitrogens with two attached hydrogens (primary N) is 1. The molecule has 34 heavy (non-hydrogen) atoms. The fourth-order valence-corrected chi connectivity index (χ4v) is 3.92. The van der Waals surface area contributed by atoms with Crippen LogP contribution in [-0.4, -0.2) is 46.5 Å². The third kappa shape index (κ3) is 4.48. The van der Waals surface area contributed by atoms with E-state index in [-0.39, 0.29) is 12.5 Å². The van der Waals surface area contributed by atoms with Crippen molar-refractivity contribution in [3.8, 4) is 22.4 Å². The summed E-state index contributed by atoms with van der Waals surface area (Å²) in [5, 5.41) is 15.5. The molecule has 1 atom stereocenters. The third-order valence-electron chi connectivity index (χ3n) is 5.65. The lowest BCUT2D eigenvalue weighted by atomic mass is 10.0. The molecule has 0 aromatic carbocycles. The molecule has 0 saturated heterocycles. The third-order valence-corrected chi connectivity index (χ3v) is 5.65. The molecule has 9 nitrogen and oxygen atoms in total. The fourth-order valence-electron chi connectivity index (χ4n) is 3.92. The number of nitrogens with zero attached hydrogens (tertiary/aromatic N) is 6. The van der Waals surface area contributed by atoms with Crippen LogP contribution < -0.4 is 5.73 Å². The monoisotopic (exact) mass is 458 g/mol. The van der Waals surface area contributed by atoms with Gasteiger partial charge < -0.3 is 15.8 Å². The van der Waals surface area contributed by atoms with Crippen LogP contribution in [0.5, 0.6) is 0 Å². The van der Waals surface area contributed by atoms with Gasteiger partial charge in [-0.2, -0.15) is 5.10 Å². The number of aliphatic hydroxyl groups excluding tert-OH is 1. The number of aryl methyl sites for hydroxylation is 2. The molecular formula is C24H23FN8O. The Balaban J connectivity index is 1.43. The first kappa shape index (κ1) is 21.7. The average Bonchev–Trinajstić information content (AvgIpc) is 3.50. The highest BCUT2D eigenvalue weighted by molar-refractivity contribution is 5.95. The van der Waals surface area contributed by atoms with E-state index in [2.05, 4.69) is 30.0 Å². The zero-order valence-corrected chi connectivity index (χ0v) is 18.3. The topological polar surface area (TPSA) is 131 Å². The molecule has 172 valence electrons. The van der Waals surface area contributed by atoms with Gasteiger partial charge in [-0.25, -0.2) is 19.3 Å². The molecule has 5 aromatic rings. The Morgan fingerprint density at radius 3 is 2.79 bits per heavy atom. The number of nitrogen functional groups attached to an aromatic ring is 1. The lowest BCUT2D eigenvalue weighted by Gasteiger charge is -2.11. The van der Waals surface area contributed by atoms with Crippen LogP contribution in [0.2, 0.25) is 0 Å². The maximum atomic E-state index is 12.6. The number of rotatable bonds is 8. The van der Waals surface area contributed by atoms with Crippen molar-refractivity contribution >= 4 is 17.0 Å². The standard InChI is InChI=1S/C24H23FN8O/c25-5-8-33-14-17(12-30-33)16-9-19-20(13-29-23(19)28-11-16)21-10-18(31-24(26)32-21)1-2-22(34)15-3-6-27-7-4-15/h3-4,6-7,9-14,22,34H,1-2,5,8H2,(H,28,29)(H2,26,31,32). The van der Waals surface area contributed by atoms with Gasteiger partial charge in [-0.05, 0) is 42.7 Å². The zero-order valence-electron chi connectivity index (χ0n) is 18.3. The molecule has 0 spiro atoms. The van der Waals surface area contributed by atoms with Crippen LogP contribution in [0.3, 0.4) is 0 Å². The van der Waals surface area contributed by atoms with E-state index in [0.717, 1.165) is 33.3 Å². The van der Waals surface area contributed by atoms with Crippen molar-refractivity contribution in [1.29, 1.82) is 0 Å². The number of hydrogen-bond acceptors (Lipinski definition) is 7. The Hall–Kier alpha value is -4.18. The summed E-state index contributed by atoms with van der Waals surface area (Å²) in [6, 6.07) is 7.46. The minimum Gasteiger partial charge on any atom is -0.388 e. The van der Waals surface area contributed by atoms with Gasteiger partial charge in [0, 0.05) is 58.8 Å². The smallest absolute Gasteiger partial charge is 0.220 e. The van der Waals surface area contributed by atoms with Crippen molar-refractivity contribution in [2.45, 2.75) is 25.5 Å². The van der Waals surface area contributed by atoms with Crippen molar-refractivity contribution in [3.63, 3.8) is 0 Å². The number of H-pyrrole nitrogens is 1. The van der Waals surface area contributed by atoms with Crippen LogP contribution in [0.1, 0.15) is 23.8 Å². The van der Waals surface area contributed by atoms with Gasteiger partial charge in [0.1, 0.15) is 12.3 Å². The number of alkyl halides is 1. The lowest BCUT2D eigenvalue weighted by molar-refractivity contribution is 0.167. The Morgan fingerprint density at radius 2 is 1.97 bits per heavy atom. The molecule has 0 amide bonds. The molecule has 0 fully saturated rings. The predicted octanol–water partition coefficient (Wildman–Crippen LogP) is 3.50. The van der Waals surface area contributed by atoms with Crippen molar-refractivity contribution in [2.75, 3.05) is 12.4 Å². The first-order valence-electron chi connectivity index (χ1n) is 10.9. The second kappa shape index (κ2) is 9.36. The minimum absolute atomic E-state index is 0.164. The number of pyridine rings is 2. The molecule has 10 heteroatoms. The van der Waals surface area contributed by atoms with E-state index in [1.54, 1.807) is 47.8 Å². The number of hydrogen-bond donors (Lipinski definition) is 3. The molecular weight excluding hydrogens is 435 g/mol. The van der Waals surface area contributed by atoms with E-state index in [1.165, 1.54) is 0 Å². The van der Waals surface area contributed by atoms with Crippen LogP contribution >= 0.6 is 0 Å². The maximum absolute atomic E-state index is 12.6. The van der Waals surface area contributed by atoms with Crippen LogP contribution in [0.4, 0.5) is 10.3 Å². The highest BCUT2D eigenvalue weighted by atomic mass is 19.1. The van der Waals surface area contributed by atoms with E-state index < -0.39 is 12.8 Å². The number of aliphatic hydroxyl groups is 1. The second-order valence-corrected chi connectivity index (χ2v) is 7.94. The quantitative estimate of drug-likeness (QED) is 0.324. The van der Waals surface area contributed by atoms with Crippen LogP contribution in [0.25, 0.3) is 33.4 Å². The molecule has 0 aliphatic rings. The summed E-state index contributed by atoms with van der Waals surface area (Å²) in [7, 11) is 0. The number of nitrogens with one attached hydrogen (secondary N) is 1. The minimum atomic E-state index is -0.624. The maximum Gasteiger partial charge on any atom is 0.220 e. The van der Waals surface area contributed by atoms with Crippen molar-refractivity contribution < 1.29 is 9.50 Å². The SMILES string of the molecule is Nc1nc(CCC(O)c2ccncc2)cc(-c2c[nH]c3ncc(-c4cnn(CCF)c4)cc23)n1. The van der Waals surface area contributed by atoms with Gasteiger partial charge in [0.05, 0.1) is 24.5 Å². The Bertz CT molecular complexity index is 1420. The van der Waals surface area contributed by atoms with Crippen LogP contribution in [0, 0.1) is 0 Å². The summed E-state index contributed by atoms with van der Waals surface area (Å²) in [5.41, 5.74) is 11.5. The normalized spacial score (nSPS) is 12.3. The predicted molar refractivity (Wildman–Crippen MR) is 126 cm³/mol. The van der Waals surface area contributed by atoms with Gasteiger partial charge in [0.15, 0.2) is 0 Å². The number of aromatic nitrogens is 7. The Labute approximate surface area is 194 Å². The molecule has 5 rings (SSSR count). The molecule has 1 unspecified atom stereocenters. The highest BCUT2D eigenvalue weighted by Gasteiger charge is 2.14. The summed E-state index contributed by atoms with van der Waals surface area (Å²) in [6.07, 6.45) is 10.8. The van der Waals surface area contributed by atoms with E-state index in [1.807, 2.05) is 18.3 Å². The van der Waals surface area contributed by atoms with Crippen molar-refractivity contribution in [3.05, 3.63) is 72.7 Å². The largest absolute Gasteiger partial charge is 0.388 e. The van der Waals surface area contributed by atoms with Crippen molar-refractivity contribution in [1.82, 2.24) is 34.7 Å². The molecule has 0 saturated carbocycles. The number of halogens is 1. The number of anilines is 1. The van der Waals surface area contributed by atoms with Gasteiger partial charge in [-0.3, -0.25) is 9.67 Å². The van der Waals surface area contributed by atoms with Gasteiger partial charge >= 0.3 is 0 Å². The van der Waals surface area contributed by atoms with Crippen LogP contribution in [0.15, 0.2) is 61.4 Å². The van der Waals surface area contributed by atoms with Gasteiger partial charge in [0.25, 0.3) is 0 Å². The summed E-state index contributed by atoms with van der Waals surface area (Å²) >= 11 is 0. The Kier molecular flexibility index (Phi) is 5.96. The highest BCUT2D eigenvalue weighted by Crippen LogP contribution is 2.31. The Morgan fingerprint density at radius 1 is 1.12 bits per heavy atom. The number of aromatic amines is 1. The summed E-state index contributed by atoms with van der Waals surface area (Å²) < 4.78 is 14.2. The van der Waals surface area contributed by atoms with E-state index in [4.69, 9.17) is 5.73 Å². The second-order valence-electron chi connectivity index (χ2n) is 7.94. The molecule has 0 aliphatic carbocycles. The van der Waals surface area contributed by atoms with Gasteiger partial charge in [-0.15, -0.1) is 0 Å². The average molecular weight is 459 g/mol. The molecule has 0 radical (unpaired) electrons. The van der Waals surface area contributed by atoms with E-state index in [9.17, 15) is 9.50 Å².